The average molecular weight is 290 g/mol. The molecule has 1 aliphatic heterocycles. The molecule has 3 aliphatic rings. The molecule has 2 saturated carbocycles. The van der Waals surface area contributed by atoms with Crippen molar-refractivity contribution in [3.05, 3.63) is 22.4 Å². The predicted molar refractivity (Wildman–Crippen MR) is 85.2 cm³/mol. The summed E-state index contributed by atoms with van der Waals surface area (Å²) in [5.41, 5.74) is 0.419. The highest BCUT2D eigenvalue weighted by molar-refractivity contribution is 7.09. The molecule has 1 aromatic rings. The molecule has 2 heterocycles. The molecule has 20 heavy (non-hydrogen) atoms. The summed E-state index contributed by atoms with van der Waals surface area (Å²) < 4.78 is 0. The van der Waals surface area contributed by atoms with E-state index in [2.05, 4.69) is 34.7 Å². The Morgan fingerprint density at radius 1 is 1.35 bits per heavy atom. The van der Waals surface area contributed by atoms with E-state index in [0.717, 1.165) is 17.9 Å². The van der Waals surface area contributed by atoms with E-state index in [0.29, 0.717) is 5.54 Å². The van der Waals surface area contributed by atoms with Gasteiger partial charge in [-0.05, 0) is 62.3 Å². The van der Waals surface area contributed by atoms with Gasteiger partial charge in [-0.1, -0.05) is 6.07 Å². The quantitative estimate of drug-likeness (QED) is 0.896. The van der Waals surface area contributed by atoms with Crippen LogP contribution in [-0.4, -0.2) is 36.1 Å². The molecule has 0 bridgehead atoms. The molecule has 4 rings (SSSR count). The third kappa shape index (κ3) is 2.56. The minimum absolute atomic E-state index is 0.419. The first-order chi connectivity index (χ1) is 9.75. The number of hydrogen-bond acceptors (Lipinski definition) is 3. The fourth-order valence-electron chi connectivity index (χ4n) is 3.93. The molecule has 3 fully saturated rings. The van der Waals surface area contributed by atoms with Crippen molar-refractivity contribution in [3.8, 4) is 0 Å². The predicted octanol–water partition coefficient (Wildman–Crippen LogP) is 3.14. The molecular weight excluding hydrogens is 264 g/mol. The molecule has 1 saturated heterocycles. The molecule has 110 valence electrons. The van der Waals surface area contributed by atoms with Crippen LogP contribution in [0.25, 0.3) is 0 Å². The molecule has 3 heteroatoms. The number of nitrogens with one attached hydrogen (secondary N) is 1. The number of hydrogen-bond donors (Lipinski definition) is 1. The monoisotopic (exact) mass is 290 g/mol. The summed E-state index contributed by atoms with van der Waals surface area (Å²) in [4.78, 5) is 4.38. The fraction of sp³-hybridized carbons (Fsp3) is 0.765. The lowest BCUT2D eigenvalue weighted by molar-refractivity contribution is 0.0317. The summed E-state index contributed by atoms with van der Waals surface area (Å²) in [5.74, 6) is 1.92. The molecular formula is C17H26N2S. The zero-order valence-corrected chi connectivity index (χ0v) is 13.3. The summed E-state index contributed by atoms with van der Waals surface area (Å²) in [6.45, 7) is 6.25. The molecule has 1 aromatic heterocycles. The van der Waals surface area contributed by atoms with Crippen molar-refractivity contribution in [2.24, 2.45) is 11.8 Å². The number of piperazine rings is 1. The first-order valence-corrected chi connectivity index (χ1v) is 9.14. The van der Waals surface area contributed by atoms with Crippen LogP contribution in [0.15, 0.2) is 17.5 Å². The third-order valence-corrected chi connectivity index (χ3v) is 6.65. The number of nitrogens with zero attached hydrogens (tertiary/aromatic N) is 1. The van der Waals surface area contributed by atoms with Gasteiger partial charge in [-0.15, -0.1) is 11.3 Å². The topological polar surface area (TPSA) is 15.3 Å². The van der Waals surface area contributed by atoms with E-state index >= 15 is 0 Å². The second kappa shape index (κ2) is 5.11. The molecule has 2 atom stereocenters. The van der Waals surface area contributed by atoms with Crippen molar-refractivity contribution in [2.45, 2.75) is 50.6 Å². The summed E-state index contributed by atoms with van der Waals surface area (Å²) >= 11 is 1.91. The third-order valence-electron chi connectivity index (χ3n) is 5.72. The Balaban J connectivity index is 1.45. The second-order valence-electron chi connectivity index (χ2n) is 7.23. The zero-order chi connectivity index (χ0) is 13.6. The normalized spacial score (nSPS) is 35.4. The first-order valence-electron chi connectivity index (χ1n) is 8.26. The van der Waals surface area contributed by atoms with Gasteiger partial charge in [0.05, 0.1) is 0 Å². The van der Waals surface area contributed by atoms with Gasteiger partial charge in [-0.3, -0.25) is 4.90 Å². The van der Waals surface area contributed by atoms with Gasteiger partial charge in [0.25, 0.3) is 0 Å². The Morgan fingerprint density at radius 2 is 2.20 bits per heavy atom. The van der Waals surface area contributed by atoms with Crippen LogP contribution in [0.4, 0.5) is 0 Å². The SMILES string of the molecule is CC1(C2CC2)CNC(C2CC2)CN1CCc1cccs1. The van der Waals surface area contributed by atoms with Crippen LogP contribution in [0, 0.1) is 11.8 Å². The lowest BCUT2D eigenvalue weighted by Crippen LogP contribution is -2.65. The minimum Gasteiger partial charge on any atom is -0.311 e. The van der Waals surface area contributed by atoms with Crippen molar-refractivity contribution >= 4 is 11.3 Å². The van der Waals surface area contributed by atoms with Crippen LogP contribution in [0.1, 0.15) is 37.5 Å². The van der Waals surface area contributed by atoms with Gasteiger partial charge in [0.1, 0.15) is 0 Å². The van der Waals surface area contributed by atoms with Crippen LogP contribution in [0.2, 0.25) is 0 Å². The Labute approximate surface area is 126 Å². The highest BCUT2D eigenvalue weighted by Crippen LogP contribution is 2.45. The standard InChI is InChI=1S/C17H26N2S/c1-17(14-6-7-14)12-18-16(13-4-5-13)11-19(17)9-8-15-3-2-10-20-15/h2-3,10,13-14,16,18H,4-9,11-12H2,1H3. The van der Waals surface area contributed by atoms with E-state index in [1.165, 1.54) is 51.7 Å². The van der Waals surface area contributed by atoms with Gasteiger partial charge in [0.15, 0.2) is 0 Å². The van der Waals surface area contributed by atoms with E-state index < -0.39 is 0 Å². The van der Waals surface area contributed by atoms with E-state index in [9.17, 15) is 0 Å². The molecule has 0 radical (unpaired) electrons. The molecule has 0 amide bonds. The van der Waals surface area contributed by atoms with Crippen molar-refractivity contribution in [3.63, 3.8) is 0 Å². The maximum absolute atomic E-state index is 3.88. The lowest BCUT2D eigenvalue weighted by atomic mass is 9.88. The average Bonchev–Trinajstić information content (AvgIpc) is 3.36. The Kier molecular flexibility index (Phi) is 3.40. The van der Waals surface area contributed by atoms with Gasteiger partial charge in [0, 0.05) is 36.1 Å². The smallest absolute Gasteiger partial charge is 0.0334 e. The van der Waals surface area contributed by atoms with Crippen LogP contribution < -0.4 is 5.32 Å². The van der Waals surface area contributed by atoms with E-state index in [4.69, 9.17) is 0 Å². The van der Waals surface area contributed by atoms with E-state index in [1.807, 2.05) is 11.3 Å². The number of thiophene rings is 1. The molecule has 0 spiro atoms. The van der Waals surface area contributed by atoms with Crippen LogP contribution >= 0.6 is 11.3 Å². The van der Waals surface area contributed by atoms with Crippen LogP contribution in [0.5, 0.6) is 0 Å². The lowest BCUT2D eigenvalue weighted by Gasteiger charge is -2.49. The molecule has 2 aliphatic carbocycles. The summed E-state index contributed by atoms with van der Waals surface area (Å²) in [5, 5.41) is 6.09. The van der Waals surface area contributed by atoms with Gasteiger partial charge in [0.2, 0.25) is 0 Å². The molecule has 1 N–H and O–H groups in total. The first kappa shape index (κ1) is 13.3. The maximum Gasteiger partial charge on any atom is 0.0334 e. The Bertz CT molecular complexity index is 450. The van der Waals surface area contributed by atoms with Crippen LogP contribution in [0.3, 0.4) is 0 Å². The van der Waals surface area contributed by atoms with Crippen molar-refractivity contribution in [2.75, 3.05) is 19.6 Å². The Hall–Kier alpha value is -0.380. The van der Waals surface area contributed by atoms with Crippen molar-refractivity contribution in [1.82, 2.24) is 10.2 Å². The second-order valence-corrected chi connectivity index (χ2v) is 8.26. The summed E-state index contributed by atoms with van der Waals surface area (Å²) in [7, 11) is 0. The zero-order valence-electron chi connectivity index (χ0n) is 12.5. The fourth-order valence-corrected chi connectivity index (χ4v) is 4.63. The van der Waals surface area contributed by atoms with Gasteiger partial charge >= 0.3 is 0 Å². The summed E-state index contributed by atoms with van der Waals surface area (Å²) in [6, 6.07) is 5.25. The van der Waals surface area contributed by atoms with Crippen molar-refractivity contribution < 1.29 is 0 Å². The largest absolute Gasteiger partial charge is 0.311 e. The van der Waals surface area contributed by atoms with Gasteiger partial charge < -0.3 is 5.32 Å². The highest BCUT2D eigenvalue weighted by Gasteiger charge is 2.49. The minimum atomic E-state index is 0.419. The molecule has 0 aromatic carbocycles. The maximum atomic E-state index is 3.88. The molecule has 2 nitrogen and oxygen atoms in total. The van der Waals surface area contributed by atoms with E-state index in [-0.39, 0.29) is 0 Å². The van der Waals surface area contributed by atoms with Gasteiger partial charge in [-0.25, -0.2) is 0 Å². The number of rotatable bonds is 5. The van der Waals surface area contributed by atoms with Crippen molar-refractivity contribution in [1.29, 1.82) is 0 Å². The highest BCUT2D eigenvalue weighted by atomic mass is 32.1. The van der Waals surface area contributed by atoms with E-state index in [1.54, 1.807) is 4.88 Å². The molecule has 2 unspecified atom stereocenters. The summed E-state index contributed by atoms with van der Waals surface area (Å²) in [6.07, 6.45) is 7.04. The Morgan fingerprint density at radius 3 is 2.85 bits per heavy atom. The van der Waals surface area contributed by atoms with Gasteiger partial charge in [-0.2, -0.15) is 0 Å². The van der Waals surface area contributed by atoms with Crippen LogP contribution in [-0.2, 0) is 6.42 Å².